The number of para-hydroxylation sites is 1. The van der Waals surface area contributed by atoms with Gasteiger partial charge in [0, 0.05) is 17.6 Å². The highest BCUT2D eigenvalue weighted by molar-refractivity contribution is 5.78. The smallest absolute Gasteiger partial charge is 0.154 e. The van der Waals surface area contributed by atoms with E-state index in [0.29, 0.717) is 11.4 Å². The van der Waals surface area contributed by atoms with Gasteiger partial charge in [-0.1, -0.05) is 99.6 Å². The van der Waals surface area contributed by atoms with Crippen molar-refractivity contribution in [2.45, 2.75) is 87.0 Å². The van der Waals surface area contributed by atoms with Gasteiger partial charge in [-0.2, -0.15) is 5.26 Å². The Hall–Kier alpha value is -3.58. The van der Waals surface area contributed by atoms with E-state index in [-0.39, 0.29) is 10.8 Å². The molecule has 0 saturated carbocycles. The zero-order chi connectivity index (χ0) is 28.8. The highest BCUT2D eigenvalue weighted by Gasteiger charge is 2.23. The molecule has 0 bridgehead atoms. The molecule has 3 aromatic rings. The largest absolute Gasteiger partial charge is 0.352 e. The van der Waals surface area contributed by atoms with Crippen LogP contribution in [0.15, 0.2) is 67.9 Å². The first-order valence-electron chi connectivity index (χ1n) is 13.1. The lowest BCUT2D eigenvalue weighted by atomic mass is 9.80. The summed E-state index contributed by atoms with van der Waals surface area (Å²) in [5, 5.41) is 16.4. The van der Waals surface area contributed by atoms with E-state index < -0.39 is 0 Å². The Morgan fingerprint density at radius 3 is 1.86 bits per heavy atom. The van der Waals surface area contributed by atoms with Crippen LogP contribution in [-0.2, 0) is 10.8 Å². The third kappa shape index (κ3) is 9.77. The average Bonchev–Trinajstić information content (AvgIpc) is 2.89. The molecule has 3 rings (SSSR count). The molecule has 0 atom stereocenters. The number of hydrogen-bond donors (Lipinski definition) is 2. The van der Waals surface area contributed by atoms with Crippen molar-refractivity contribution in [1.82, 2.24) is 4.98 Å². The van der Waals surface area contributed by atoms with E-state index in [2.05, 4.69) is 108 Å². The first-order chi connectivity index (χ1) is 17.5. The number of nitrogens with one attached hydrogen (secondary N) is 2. The monoisotopic (exact) mass is 500 g/mol. The summed E-state index contributed by atoms with van der Waals surface area (Å²) in [6.07, 6.45) is 1.60. The van der Waals surface area contributed by atoms with Gasteiger partial charge in [-0.25, -0.2) is 4.98 Å². The van der Waals surface area contributed by atoms with E-state index in [1.807, 2.05) is 52.0 Å². The number of rotatable bonds is 4. The fourth-order valence-electron chi connectivity index (χ4n) is 3.45. The Morgan fingerprint density at radius 2 is 1.35 bits per heavy atom. The SMILES string of the molecule is C=C.CC.CC.Cc1ccccc1Nc1cc(C#N)cnc1Nc1ccc(C(C)(C)C)cc1C(C)(C)C. The van der Waals surface area contributed by atoms with Gasteiger partial charge in [0.15, 0.2) is 5.82 Å². The molecule has 0 unspecified atom stereocenters. The maximum absolute atomic E-state index is 9.38. The van der Waals surface area contributed by atoms with Crippen molar-refractivity contribution in [2.24, 2.45) is 0 Å². The van der Waals surface area contributed by atoms with E-state index in [1.165, 1.54) is 11.1 Å². The van der Waals surface area contributed by atoms with Gasteiger partial charge in [0.1, 0.15) is 6.07 Å². The van der Waals surface area contributed by atoms with Gasteiger partial charge >= 0.3 is 0 Å². The second-order valence-electron chi connectivity index (χ2n) is 10.1. The predicted molar refractivity (Wildman–Crippen MR) is 164 cm³/mol. The topological polar surface area (TPSA) is 60.7 Å². The van der Waals surface area contributed by atoms with E-state index >= 15 is 0 Å². The van der Waals surface area contributed by atoms with Gasteiger partial charge in [0.05, 0.1) is 11.3 Å². The summed E-state index contributed by atoms with van der Waals surface area (Å²) in [5.41, 5.74) is 6.98. The first-order valence-corrected chi connectivity index (χ1v) is 13.1. The maximum atomic E-state index is 9.38. The summed E-state index contributed by atoms with van der Waals surface area (Å²) >= 11 is 0. The zero-order valence-corrected chi connectivity index (χ0v) is 25.0. The second kappa shape index (κ2) is 15.5. The summed E-state index contributed by atoms with van der Waals surface area (Å²) in [7, 11) is 0. The molecule has 0 spiro atoms. The standard InChI is InChI=1S/C27H32N4.2C2H6.C2H4/c1-18-10-8-9-11-22(18)30-24-14-19(16-28)17-29-25(24)31-23-13-12-20(26(2,3)4)15-21(23)27(5,6)7;3*1-2/h8-15,17,30H,1-7H3,(H,29,31);2*1-2H3;1-2H2. The average molecular weight is 501 g/mol. The molecule has 1 aromatic heterocycles. The molecule has 0 saturated heterocycles. The van der Waals surface area contributed by atoms with Crippen LogP contribution >= 0.6 is 0 Å². The van der Waals surface area contributed by atoms with Crippen molar-refractivity contribution in [3.63, 3.8) is 0 Å². The molecule has 0 fully saturated rings. The lowest BCUT2D eigenvalue weighted by Gasteiger charge is -2.28. The van der Waals surface area contributed by atoms with E-state index in [4.69, 9.17) is 0 Å². The summed E-state index contributed by atoms with van der Waals surface area (Å²) in [6.45, 7) is 29.4. The first kappa shape index (κ1) is 33.4. The van der Waals surface area contributed by atoms with Crippen molar-refractivity contribution in [3.05, 3.63) is 90.1 Å². The molecule has 2 N–H and O–H groups in total. The Kier molecular flexibility index (Phi) is 14.0. The molecule has 0 amide bonds. The van der Waals surface area contributed by atoms with Gasteiger partial charge in [-0.05, 0) is 52.6 Å². The van der Waals surface area contributed by atoms with Crippen LogP contribution in [0, 0.1) is 18.3 Å². The van der Waals surface area contributed by atoms with Gasteiger partial charge in [-0.15, -0.1) is 13.2 Å². The summed E-state index contributed by atoms with van der Waals surface area (Å²) < 4.78 is 0. The van der Waals surface area contributed by atoms with Crippen LogP contribution in [0.3, 0.4) is 0 Å². The molecule has 0 aliphatic rings. The van der Waals surface area contributed by atoms with E-state index in [0.717, 1.165) is 22.6 Å². The predicted octanol–water partition coefficient (Wildman–Crippen LogP) is 10.2. The zero-order valence-electron chi connectivity index (χ0n) is 25.0. The molecule has 1 heterocycles. The molecule has 0 radical (unpaired) electrons. The number of nitriles is 1. The lowest BCUT2D eigenvalue weighted by molar-refractivity contribution is 0.570. The van der Waals surface area contributed by atoms with Crippen molar-refractivity contribution in [2.75, 3.05) is 10.6 Å². The Balaban J connectivity index is 0.00000201. The number of anilines is 4. The number of pyridine rings is 1. The highest BCUT2D eigenvalue weighted by atomic mass is 15.0. The maximum Gasteiger partial charge on any atom is 0.154 e. The Bertz CT molecular complexity index is 1140. The third-order valence-electron chi connectivity index (χ3n) is 5.38. The van der Waals surface area contributed by atoms with Crippen LogP contribution in [0.2, 0.25) is 0 Å². The van der Waals surface area contributed by atoms with Gasteiger partial charge in [-0.3, -0.25) is 0 Å². The summed E-state index contributed by atoms with van der Waals surface area (Å²) in [5.74, 6) is 0.691. The minimum atomic E-state index is -0.0419. The molecule has 2 aromatic carbocycles. The normalized spacial score (nSPS) is 10.2. The van der Waals surface area contributed by atoms with Crippen molar-refractivity contribution >= 4 is 22.9 Å². The van der Waals surface area contributed by atoms with Crippen molar-refractivity contribution in [3.8, 4) is 6.07 Å². The fraction of sp³-hybridized carbons (Fsp3) is 0.394. The molecular formula is C33H48N4. The van der Waals surface area contributed by atoms with Crippen LogP contribution in [0.25, 0.3) is 0 Å². The van der Waals surface area contributed by atoms with Gasteiger partial charge in [0.25, 0.3) is 0 Å². The summed E-state index contributed by atoms with van der Waals surface area (Å²) in [6, 6.07) is 18.7. The molecule has 4 heteroatoms. The quantitative estimate of drug-likeness (QED) is 0.350. The minimum Gasteiger partial charge on any atom is -0.352 e. The summed E-state index contributed by atoms with van der Waals surface area (Å²) in [4.78, 5) is 4.57. The van der Waals surface area contributed by atoms with Crippen molar-refractivity contribution in [1.29, 1.82) is 5.26 Å². The van der Waals surface area contributed by atoms with Crippen LogP contribution in [0.1, 0.15) is 91.5 Å². The molecule has 0 aliphatic carbocycles. The van der Waals surface area contributed by atoms with Crippen LogP contribution in [-0.4, -0.2) is 4.98 Å². The minimum absolute atomic E-state index is 0.0419. The lowest BCUT2D eigenvalue weighted by Crippen LogP contribution is -2.18. The number of hydrogen-bond acceptors (Lipinski definition) is 4. The molecule has 0 aliphatic heterocycles. The highest BCUT2D eigenvalue weighted by Crippen LogP contribution is 2.37. The number of aryl methyl sites for hydroxylation is 1. The molecule has 4 nitrogen and oxygen atoms in total. The van der Waals surface area contributed by atoms with Gasteiger partial charge < -0.3 is 10.6 Å². The van der Waals surface area contributed by atoms with Crippen LogP contribution in [0.5, 0.6) is 0 Å². The Morgan fingerprint density at radius 1 is 0.757 bits per heavy atom. The number of benzene rings is 2. The number of aromatic nitrogens is 1. The number of nitrogens with zero attached hydrogens (tertiary/aromatic N) is 2. The molecule has 37 heavy (non-hydrogen) atoms. The van der Waals surface area contributed by atoms with E-state index in [1.54, 1.807) is 6.20 Å². The second-order valence-corrected chi connectivity index (χ2v) is 10.1. The third-order valence-corrected chi connectivity index (χ3v) is 5.38. The Labute approximate surface area is 226 Å². The molecular weight excluding hydrogens is 452 g/mol. The van der Waals surface area contributed by atoms with Gasteiger partial charge in [0.2, 0.25) is 0 Å². The fourth-order valence-corrected chi connectivity index (χ4v) is 3.45. The van der Waals surface area contributed by atoms with Crippen LogP contribution in [0.4, 0.5) is 22.9 Å². The van der Waals surface area contributed by atoms with Crippen LogP contribution < -0.4 is 10.6 Å². The molecule has 200 valence electrons. The van der Waals surface area contributed by atoms with Crippen molar-refractivity contribution < 1.29 is 0 Å². The van der Waals surface area contributed by atoms with E-state index in [9.17, 15) is 5.26 Å².